The maximum Gasteiger partial charge on any atom is 0.122 e. The average molecular weight is 507 g/mol. The molecule has 7 rings (SSSR count). The minimum Gasteiger partial charge on any atom is -0.491 e. The lowest BCUT2D eigenvalue weighted by molar-refractivity contribution is 0.261. The molecule has 0 aromatic heterocycles. The third-order valence-corrected chi connectivity index (χ3v) is 8.39. The van der Waals surface area contributed by atoms with Crippen molar-refractivity contribution in [3.05, 3.63) is 119 Å². The normalized spacial score (nSPS) is 28.0. The number of hydrogen-bond donors (Lipinski definition) is 0. The van der Waals surface area contributed by atoms with E-state index in [-0.39, 0.29) is 23.5 Å². The Morgan fingerprint density at radius 2 is 1.53 bits per heavy atom. The zero-order valence-corrected chi connectivity index (χ0v) is 21.8. The van der Waals surface area contributed by atoms with Crippen molar-refractivity contribution in [1.82, 2.24) is 0 Å². The van der Waals surface area contributed by atoms with Gasteiger partial charge in [-0.3, -0.25) is 0 Å². The van der Waals surface area contributed by atoms with Crippen LogP contribution in [0.1, 0.15) is 47.1 Å². The van der Waals surface area contributed by atoms with Crippen LogP contribution < -0.4 is 9.47 Å². The van der Waals surface area contributed by atoms with Crippen LogP contribution in [0.4, 0.5) is 0 Å². The van der Waals surface area contributed by atoms with Gasteiger partial charge >= 0.3 is 0 Å². The summed E-state index contributed by atoms with van der Waals surface area (Å²) >= 11 is 0. The van der Waals surface area contributed by atoms with Crippen molar-refractivity contribution >= 4 is 0 Å². The van der Waals surface area contributed by atoms with Crippen molar-refractivity contribution in [3.63, 3.8) is 0 Å². The van der Waals surface area contributed by atoms with Gasteiger partial charge in [0.15, 0.2) is 0 Å². The Bertz CT molecular complexity index is 1370. The van der Waals surface area contributed by atoms with Gasteiger partial charge in [-0.05, 0) is 52.4 Å². The van der Waals surface area contributed by atoms with Gasteiger partial charge in [0.2, 0.25) is 0 Å². The zero-order valence-electron chi connectivity index (χ0n) is 21.8. The number of fused-ring (bicyclic) bond motifs is 3. The van der Waals surface area contributed by atoms with E-state index in [0.29, 0.717) is 19.1 Å². The fraction of sp³-hybridized carbons (Fsp3) is 0.353. The topological polar surface area (TPSA) is 43.5 Å². The number of aryl methyl sites for hydroxylation is 1. The fourth-order valence-corrected chi connectivity index (χ4v) is 6.45. The van der Waals surface area contributed by atoms with E-state index in [1.165, 1.54) is 27.8 Å². The van der Waals surface area contributed by atoms with Crippen LogP contribution in [0.15, 0.2) is 91.0 Å². The van der Waals surface area contributed by atoms with Crippen LogP contribution >= 0.6 is 0 Å². The van der Waals surface area contributed by atoms with Gasteiger partial charge < -0.3 is 18.9 Å². The van der Waals surface area contributed by atoms with Gasteiger partial charge in [-0.25, -0.2) is 0 Å². The number of rotatable bonds is 10. The molecule has 4 aliphatic rings. The van der Waals surface area contributed by atoms with Crippen LogP contribution in [-0.4, -0.2) is 38.6 Å². The maximum atomic E-state index is 6.24. The van der Waals surface area contributed by atoms with Crippen LogP contribution in [0.5, 0.6) is 11.5 Å². The molecule has 0 bridgehead atoms. The molecule has 0 spiro atoms. The molecule has 0 saturated carbocycles. The number of epoxide rings is 2. The summed E-state index contributed by atoms with van der Waals surface area (Å²) in [6, 6.07) is 24.7. The highest BCUT2D eigenvalue weighted by Crippen LogP contribution is 2.59. The molecule has 5 unspecified atom stereocenters. The van der Waals surface area contributed by atoms with Gasteiger partial charge in [-0.15, -0.1) is 0 Å². The van der Waals surface area contributed by atoms with Crippen LogP contribution in [0.2, 0.25) is 0 Å². The monoisotopic (exact) mass is 506 g/mol. The van der Waals surface area contributed by atoms with E-state index in [0.717, 1.165) is 37.6 Å². The number of benzene rings is 3. The largest absolute Gasteiger partial charge is 0.491 e. The second-order valence-corrected chi connectivity index (χ2v) is 10.8. The molecule has 5 atom stereocenters. The molecule has 2 aliphatic carbocycles. The lowest BCUT2D eigenvalue weighted by Gasteiger charge is -2.39. The first kappa shape index (κ1) is 23.8. The highest BCUT2D eigenvalue weighted by Gasteiger charge is 2.52. The summed E-state index contributed by atoms with van der Waals surface area (Å²) in [5.41, 5.74) is 6.35. The van der Waals surface area contributed by atoms with Gasteiger partial charge in [0, 0.05) is 11.8 Å². The molecular formula is C34H34O4. The van der Waals surface area contributed by atoms with E-state index >= 15 is 0 Å². The molecule has 3 aromatic carbocycles. The molecule has 194 valence electrons. The fourth-order valence-electron chi connectivity index (χ4n) is 6.45. The summed E-state index contributed by atoms with van der Waals surface area (Å²) in [5.74, 6) is 2.47. The van der Waals surface area contributed by atoms with E-state index in [1.807, 2.05) is 0 Å². The Balaban J connectivity index is 1.37. The first-order chi connectivity index (χ1) is 18.8. The van der Waals surface area contributed by atoms with Crippen molar-refractivity contribution < 1.29 is 18.9 Å². The van der Waals surface area contributed by atoms with E-state index in [4.69, 9.17) is 18.9 Å². The third-order valence-electron chi connectivity index (χ3n) is 8.39. The first-order valence-electron chi connectivity index (χ1n) is 13.9. The molecule has 0 amide bonds. The summed E-state index contributed by atoms with van der Waals surface area (Å²) in [5, 5.41) is 0. The molecule has 3 aromatic rings. The highest BCUT2D eigenvalue weighted by molar-refractivity contribution is 5.63. The maximum absolute atomic E-state index is 6.24. The zero-order chi connectivity index (χ0) is 25.5. The number of ether oxygens (including phenoxy) is 4. The van der Waals surface area contributed by atoms with Crippen molar-refractivity contribution in [3.8, 4) is 11.5 Å². The Labute approximate surface area is 224 Å². The number of allylic oxidation sites excluding steroid dienone is 4. The Morgan fingerprint density at radius 3 is 2.29 bits per heavy atom. The summed E-state index contributed by atoms with van der Waals surface area (Å²) in [6.07, 6.45) is 11.7. The van der Waals surface area contributed by atoms with Crippen LogP contribution in [0.25, 0.3) is 0 Å². The lowest BCUT2D eigenvalue weighted by atomic mass is 9.63. The third kappa shape index (κ3) is 4.16. The SMILES string of the molecule is CCCc1cc(C2(c3ccc(OCC4CO4)cc3)c3ccccc3C3C=CC=CC32)ccc1OCC1CO1. The van der Waals surface area contributed by atoms with Gasteiger partial charge in [0.25, 0.3) is 0 Å². The molecule has 38 heavy (non-hydrogen) atoms. The van der Waals surface area contributed by atoms with E-state index < -0.39 is 0 Å². The lowest BCUT2D eigenvalue weighted by Crippen LogP contribution is -2.35. The van der Waals surface area contributed by atoms with E-state index in [9.17, 15) is 0 Å². The van der Waals surface area contributed by atoms with Crippen molar-refractivity contribution in [2.75, 3.05) is 26.4 Å². The molecule has 2 heterocycles. The Hall–Kier alpha value is -3.34. The first-order valence-corrected chi connectivity index (χ1v) is 13.9. The van der Waals surface area contributed by atoms with Crippen molar-refractivity contribution in [2.45, 2.75) is 43.3 Å². The Kier molecular flexibility index (Phi) is 6.10. The second-order valence-electron chi connectivity index (χ2n) is 10.8. The van der Waals surface area contributed by atoms with Crippen molar-refractivity contribution in [1.29, 1.82) is 0 Å². The van der Waals surface area contributed by atoms with Crippen LogP contribution in [-0.2, 0) is 21.3 Å². The molecule has 2 fully saturated rings. The second kappa shape index (κ2) is 9.76. The van der Waals surface area contributed by atoms with Crippen LogP contribution in [0, 0.1) is 5.92 Å². The van der Waals surface area contributed by atoms with E-state index in [1.54, 1.807) is 0 Å². The molecule has 4 nitrogen and oxygen atoms in total. The van der Waals surface area contributed by atoms with Crippen LogP contribution in [0.3, 0.4) is 0 Å². The predicted molar refractivity (Wildman–Crippen MR) is 148 cm³/mol. The highest BCUT2D eigenvalue weighted by atomic mass is 16.6. The Morgan fingerprint density at radius 1 is 0.816 bits per heavy atom. The van der Waals surface area contributed by atoms with Gasteiger partial charge in [-0.1, -0.05) is 86.2 Å². The van der Waals surface area contributed by atoms with E-state index in [2.05, 4.69) is 98.0 Å². The van der Waals surface area contributed by atoms with Gasteiger partial charge in [0.1, 0.15) is 36.9 Å². The molecule has 4 heteroatoms. The summed E-state index contributed by atoms with van der Waals surface area (Å²) in [6.45, 7) is 5.07. The predicted octanol–water partition coefficient (Wildman–Crippen LogP) is 6.37. The summed E-state index contributed by atoms with van der Waals surface area (Å²) in [4.78, 5) is 0. The minimum absolute atomic E-state index is 0.240. The van der Waals surface area contributed by atoms with Crippen molar-refractivity contribution in [2.24, 2.45) is 5.92 Å². The minimum atomic E-state index is -0.318. The molecule has 0 N–H and O–H groups in total. The standard InChI is InChI=1S/C34H34O4/c1-2-7-23-18-25(14-17-33(23)38-22-28-21-37-28)34(24-12-15-26(16-13-24)35-19-27-20-36-27)31-10-5-3-8-29(31)30-9-4-6-11-32(30)34/h3-6,8-18,27-29,31H,2,7,19-22H2,1H3. The molecule has 2 aliphatic heterocycles. The summed E-state index contributed by atoms with van der Waals surface area (Å²) in [7, 11) is 0. The number of hydrogen-bond acceptors (Lipinski definition) is 4. The van der Waals surface area contributed by atoms with Gasteiger partial charge in [0.05, 0.1) is 18.6 Å². The smallest absolute Gasteiger partial charge is 0.122 e. The molecule has 0 radical (unpaired) electrons. The quantitative estimate of drug-likeness (QED) is 0.300. The molecule has 2 saturated heterocycles. The summed E-state index contributed by atoms with van der Waals surface area (Å²) < 4.78 is 23.0. The van der Waals surface area contributed by atoms with Gasteiger partial charge in [-0.2, -0.15) is 0 Å². The average Bonchev–Trinajstić information content (AvgIpc) is 3.90. The molecular weight excluding hydrogens is 472 g/mol.